The van der Waals surface area contributed by atoms with E-state index in [1.54, 1.807) is 30.3 Å². The molecule has 2 aromatic rings. The van der Waals surface area contributed by atoms with Gasteiger partial charge in [0.25, 0.3) is 5.91 Å². The number of aliphatic imine (C=N–C) groups is 1. The zero-order valence-electron chi connectivity index (χ0n) is 13.2. The molecule has 1 amide bonds. The molecule has 134 valence electrons. The molecule has 1 aliphatic heterocycles. The molecule has 0 aliphatic carbocycles. The van der Waals surface area contributed by atoms with Crippen LogP contribution in [0.5, 0.6) is 11.5 Å². The largest absolute Gasteiger partial charge is 0.503 e. The molecule has 1 saturated heterocycles. The maximum absolute atomic E-state index is 12.2. The van der Waals surface area contributed by atoms with Crippen LogP contribution in [0.1, 0.15) is 5.56 Å². The standard InChI is InChI=1S/C17H11Cl3N2O3S/c1-25-13-5-8(4-11(20)15(13)23)6-14-16(24)22-17(26-14)21-12-3-2-9(18)7-10(12)19/h2-7,23H,1H3,(H,21,22,24). The summed E-state index contributed by atoms with van der Waals surface area (Å²) >= 11 is 19.1. The van der Waals surface area contributed by atoms with Gasteiger partial charge < -0.3 is 15.2 Å². The summed E-state index contributed by atoms with van der Waals surface area (Å²) in [4.78, 5) is 16.9. The van der Waals surface area contributed by atoms with E-state index in [2.05, 4.69) is 10.3 Å². The number of phenolic OH excluding ortho intramolecular Hbond substituents is 1. The number of hydrogen-bond acceptors (Lipinski definition) is 5. The van der Waals surface area contributed by atoms with E-state index in [-0.39, 0.29) is 22.4 Å². The number of nitrogens with zero attached hydrogens (tertiary/aromatic N) is 1. The zero-order valence-corrected chi connectivity index (χ0v) is 16.3. The number of benzene rings is 2. The van der Waals surface area contributed by atoms with E-state index in [1.165, 1.54) is 13.2 Å². The zero-order chi connectivity index (χ0) is 18.8. The van der Waals surface area contributed by atoms with Gasteiger partial charge in [-0.1, -0.05) is 34.8 Å². The Kier molecular flexibility index (Phi) is 5.67. The van der Waals surface area contributed by atoms with Crippen LogP contribution in [-0.4, -0.2) is 23.3 Å². The monoisotopic (exact) mass is 428 g/mol. The lowest BCUT2D eigenvalue weighted by molar-refractivity contribution is -0.115. The van der Waals surface area contributed by atoms with Gasteiger partial charge in [0.1, 0.15) is 0 Å². The molecule has 2 N–H and O–H groups in total. The Labute approximate surface area is 168 Å². The van der Waals surface area contributed by atoms with Gasteiger partial charge in [0, 0.05) is 5.02 Å². The number of nitrogens with one attached hydrogen (secondary N) is 1. The quantitative estimate of drug-likeness (QED) is 0.654. The minimum Gasteiger partial charge on any atom is -0.503 e. The summed E-state index contributed by atoms with van der Waals surface area (Å²) in [6, 6.07) is 8.01. The normalized spacial score (nSPS) is 17.0. The minimum atomic E-state index is -0.304. The molecule has 1 fully saturated rings. The molecule has 3 rings (SSSR count). The summed E-state index contributed by atoms with van der Waals surface area (Å²) < 4.78 is 5.06. The molecular weight excluding hydrogens is 419 g/mol. The summed E-state index contributed by atoms with van der Waals surface area (Å²) in [7, 11) is 1.42. The van der Waals surface area contributed by atoms with Crippen LogP contribution in [0.4, 0.5) is 5.69 Å². The van der Waals surface area contributed by atoms with Crippen molar-refractivity contribution in [2.75, 3.05) is 7.11 Å². The highest BCUT2D eigenvalue weighted by Gasteiger charge is 2.24. The van der Waals surface area contributed by atoms with Crippen LogP contribution >= 0.6 is 46.6 Å². The van der Waals surface area contributed by atoms with Crippen LogP contribution in [0.3, 0.4) is 0 Å². The lowest BCUT2D eigenvalue weighted by Gasteiger charge is -2.06. The van der Waals surface area contributed by atoms with Gasteiger partial charge in [-0.05, 0) is 53.7 Å². The summed E-state index contributed by atoms with van der Waals surface area (Å²) in [5.74, 6) is -0.240. The average molecular weight is 430 g/mol. The molecule has 1 aliphatic rings. The lowest BCUT2D eigenvalue weighted by atomic mass is 10.2. The number of halogens is 3. The first-order valence-electron chi connectivity index (χ1n) is 7.18. The average Bonchev–Trinajstić information content (AvgIpc) is 2.92. The van der Waals surface area contributed by atoms with Gasteiger partial charge in [-0.25, -0.2) is 4.99 Å². The molecule has 0 radical (unpaired) electrons. The van der Waals surface area contributed by atoms with Crippen molar-refractivity contribution in [3.05, 3.63) is 55.9 Å². The number of aromatic hydroxyl groups is 1. The van der Waals surface area contributed by atoms with Gasteiger partial charge in [0.2, 0.25) is 0 Å². The third kappa shape index (κ3) is 4.10. The fraction of sp³-hybridized carbons (Fsp3) is 0.0588. The predicted octanol–water partition coefficient (Wildman–Crippen LogP) is 5.25. The van der Waals surface area contributed by atoms with E-state index in [9.17, 15) is 9.90 Å². The van der Waals surface area contributed by atoms with Gasteiger partial charge in [-0.3, -0.25) is 4.79 Å². The topological polar surface area (TPSA) is 70.9 Å². The predicted molar refractivity (Wildman–Crippen MR) is 107 cm³/mol. The number of rotatable bonds is 3. The maximum atomic E-state index is 12.2. The van der Waals surface area contributed by atoms with Crippen molar-refractivity contribution in [3.8, 4) is 11.5 Å². The molecule has 0 saturated carbocycles. The van der Waals surface area contributed by atoms with Crippen molar-refractivity contribution in [3.63, 3.8) is 0 Å². The van der Waals surface area contributed by atoms with Crippen molar-refractivity contribution in [2.24, 2.45) is 4.99 Å². The van der Waals surface area contributed by atoms with Gasteiger partial charge in [-0.2, -0.15) is 0 Å². The van der Waals surface area contributed by atoms with Crippen LogP contribution < -0.4 is 10.1 Å². The Morgan fingerprint density at radius 1 is 1.19 bits per heavy atom. The Bertz CT molecular complexity index is 961. The molecule has 0 aromatic heterocycles. The first-order chi connectivity index (χ1) is 12.4. The number of ether oxygens (including phenoxy) is 1. The van der Waals surface area contributed by atoms with Crippen molar-refractivity contribution < 1.29 is 14.6 Å². The molecule has 26 heavy (non-hydrogen) atoms. The summed E-state index contributed by atoms with van der Waals surface area (Å²) in [6.07, 6.45) is 1.62. The highest BCUT2D eigenvalue weighted by molar-refractivity contribution is 8.18. The number of amides is 1. The van der Waals surface area contributed by atoms with E-state index >= 15 is 0 Å². The Morgan fingerprint density at radius 3 is 2.65 bits per heavy atom. The van der Waals surface area contributed by atoms with E-state index < -0.39 is 0 Å². The minimum absolute atomic E-state index is 0.126. The molecule has 0 bridgehead atoms. The maximum Gasteiger partial charge on any atom is 0.264 e. The van der Waals surface area contributed by atoms with E-state index in [4.69, 9.17) is 39.5 Å². The summed E-state index contributed by atoms with van der Waals surface area (Å²) in [6.45, 7) is 0. The Morgan fingerprint density at radius 2 is 1.96 bits per heavy atom. The fourth-order valence-electron chi connectivity index (χ4n) is 2.15. The number of carbonyl (C=O) groups excluding carboxylic acids is 1. The molecular formula is C17H11Cl3N2O3S. The summed E-state index contributed by atoms with van der Waals surface area (Å²) in [5, 5.41) is 13.9. The molecule has 2 aromatic carbocycles. The smallest absolute Gasteiger partial charge is 0.264 e. The molecule has 0 unspecified atom stereocenters. The number of amidine groups is 1. The lowest BCUT2D eigenvalue weighted by Crippen LogP contribution is -2.19. The number of carbonyl (C=O) groups is 1. The van der Waals surface area contributed by atoms with Crippen LogP contribution in [0.2, 0.25) is 15.1 Å². The molecule has 1 heterocycles. The van der Waals surface area contributed by atoms with Crippen molar-refractivity contribution >= 4 is 69.4 Å². The van der Waals surface area contributed by atoms with Crippen LogP contribution in [0.15, 0.2) is 40.2 Å². The number of phenols is 1. The number of thioether (sulfide) groups is 1. The van der Waals surface area contributed by atoms with E-state index in [0.717, 1.165) is 11.8 Å². The van der Waals surface area contributed by atoms with Gasteiger partial charge in [0.15, 0.2) is 16.7 Å². The second-order valence-electron chi connectivity index (χ2n) is 5.13. The van der Waals surface area contributed by atoms with Gasteiger partial charge in [0.05, 0.1) is 27.7 Å². The van der Waals surface area contributed by atoms with Gasteiger partial charge in [-0.15, -0.1) is 0 Å². The van der Waals surface area contributed by atoms with Gasteiger partial charge >= 0.3 is 0 Å². The van der Waals surface area contributed by atoms with Crippen LogP contribution in [-0.2, 0) is 4.79 Å². The molecule has 0 spiro atoms. The third-order valence-electron chi connectivity index (χ3n) is 3.35. The Hall–Kier alpha value is -1.86. The van der Waals surface area contributed by atoms with Crippen molar-refractivity contribution in [2.45, 2.75) is 0 Å². The Balaban J connectivity index is 1.89. The highest BCUT2D eigenvalue weighted by atomic mass is 35.5. The van der Waals surface area contributed by atoms with Crippen molar-refractivity contribution in [1.29, 1.82) is 0 Å². The first kappa shape index (κ1) is 18.9. The molecule has 0 atom stereocenters. The number of hydrogen-bond donors (Lipinski definition) is 2. The van der Waals surface area contributed by atoms with E-state index in [1.807, 2.05) is 0 Å². The SMILES string of the molecule is COc1cc(C=C2SC(=Nc3ccc(Cl)cc3Cl)NC2=O)cc(Cl)c1O. The summed E-state index contributed by atoms with van der Waals surface area (Å²) in [5.41, 5.74) is 1.10. The van der Waals surface area contributed by atoms with Crippen LogP contribution in [0.25, 0.3) is 6.08 Å². The molecule has 9 heteroatoms. The molecule has 5 nitrogen and oxygen atoms in total. The van der Waals surface area contributed by atoms with Crippen LogP contribution in [0, 0.1) is 0 Å². The van der Waals surface area contributed by atoms with E-state index in [0.29, 0.717) is 31.4 Å². The highest BCUT2D eigenvalue weighted by Crippen LogP contribution is 2.37. The first-order valence-corrected chi connectivity index (χ1v) is 9.13. The third-order valence-corrected chi connectivity index (χ3v) is 5.09. The fourth-order valence-corrected chi connectivity index (χ4v) is 3.65. The second kappa shape index (κ2) is 7.80. The number of methoxy groups -OCH3 is 1. The van der Waals surface area contributed by atoms with Crippen molar-refractivity contribution in [1.82, 2.24) is 5.32 Å². The second-order valence-corrected chi connectivity index (χ2v) is 7.41.